The monoisotopic (exact) mass is 211 g/mol. The van der Waals surface area contributed by atoms with E-state index in [4.69, 9.17) is 5.73 Å². The molecule has 5 heteroatoms. The van der Waals surface area contributed by atoms with Gasteiger partial charge >= 0.3 is 5.97 Å². The highest BCUT2D eigenvalue weighted by Gasteiger charge is 2.08. The molecule has 0 aromatic heterocycles. The van der Waals surface area contributed by atoms with Crippen LogP contribution in [0.4, 0.5) is 5.69 Å². The number of aromatic hydroxyl groups is 2. The Hall–Kier alpha value is -1.91. The first-order chi connectivity index (χ1) is 7.04. The van der Waals surface area contributed by atoms with Crippen LogP contribution in [0.1, 0.15) is 12.0 Å². The van der Waals surface area contributed by atoms with Crippen LogP contribution in [0.3, 0.4) is 0 Å². The summed E-state index contributed by atoms with van der Waals surface area (Å²) >= 11 is 0. The minimum absolute atomic E-state index is 0.0925. The Morgan fingerprint density at radius 1 is 1.47 bits per heavy atom. The summed E-state index contributed by atoms with van der Waals surface area (Å²) in [6.07, 6.45) is 0.616. The zero-order valence-electron chi connectivity index (χ0n) is 8.36. The molecule has 0 aliphatic heterocycles. The summed E-state index contributed by atoms with van der Waals surface area (Å²) in [4.78, 5) is 10.9. The smallest absolute Gasteiger partial charge is 0.305 e. The third kappa shape index (κ3) is 2.77. The normalized spacial score (nSPS) is 9.93. The van der Waals surface area contributed by atoms with E-state index in [0.29, 0.717) is 12.0 Å². The van der Waals surface area contributed by atoms with E-state index in [0.717, 1.165) is 0 Å². The van der Waals surface area contributed by atoms with Crippen molar-refractivity contribution in [2.24, 2.45) is 0 Å². The highest BCUT2D eigenvalue weighted by Crippen LogP contribution is 2.32. The van der Waals surface area contributed by atoms with Crippen molar-refractivity contribution >= 4 is 11.7 Å². The fourth-order valence-electron chi connectivity index (χ4n) is 1.19. The summed E-state index contributed by atoms with van der Waals surface area (Å²) < 4.78 is 4.47. The number of anilines is 1. The predicted octanol–water partition coefficient (Wildman–Crippen LogP) is 0.786. The number of aryl methyl sites for hydroxylation is 1. The van der Waals surface area contributed by atoms with Crippen molar-refractivity contribution in [3.63, 3.8) is 0 Å². The predicted molar refractivity (Wildman–Crippen MR) is 54.5 cm³/mol. The number of nitrogen functional groups attached to an aromatic ring is 1. The number of methoxy groups -OCH3 is 1. The van der Waals surface area contributed by atoms with Gasteiger partial charge in [0.25, 0.3) is 0 Å². The zero-order valence-corrected chi connectivity index (χ0v) is 8.36. The van der Waals surface area contributed by atoms with Gasteiger partial charge in [0.2, 0.25) is 0 Å². The Morgan fingerprint density at radius 3 is 2.67 bits per heavy atom. The molecule has 0 spiro atoms. The number of phenols is 2. The van der Waals surface area contributed by atoms with Crippen molar-refractivity contribution in [3.8, 4) is 11.5 Å². The first-order valence-electron chi connectivity index (χ1n) is 4.41. The molecule has 1 rings (SSSR count). The molecule has 0 aliphatic rings. The number of carbonyl (C=O) groups excluding carboxylic acids is 1. The van der Waals surface area contributed by atoms with Crippen LogP contribution < -0.4 is 5.73 Å². The topological polar surface area (TPSA) is 92.8 Å². The SMILES string of the molecule is COC(=O)CCc1cc(N)c(O)c(O)c1. The lowest BCUT2D eigenvalue weighted by molar-refractivity contribution is -0.140. The number of phenolic OH excluding ortho intramolecular Hbond substituents is 2. The molecule has 1 aromatic carbocycles. The van der Waals surface area contributed by atoms with Crippen molar-refractivity contribution in [1.82, 2.24) is 0 Å². The Bertz CT molecular complexity index is 353. The summed E-state index contributed by atoms with van der Waals surface area (Å²) in [6, 6.07) is 2.88. The Balaban J connectivity index is 2.75. The van der Waals surface area contributed by atoms with Gasteiger partial charge in [-0.1, -0.05) is 0 Å². The van der Waals surface area contributed by atoms with E-state index in [1.165, 1.54) is 19.2 Å². The number of carbonyl (C=O) groups is 1. The van der Waals surface area contributed by atoms with Crippen LogP contribution in [0, 0.1) is 0 Å². The standard InChI is InChI=1S/C10H13NO4/c1-15-9(13)3-2-6-4-7(11)10(14)8(12)5-6/h4-5,12,14H,2-3,11H2,1H3. The summed E-state index contributed by atoms with van der Waals surface area (Å²) in [5, 5.41) is 18.4. The molecule has 1 aromatic rings. The van der Waals surface area contributed by atoms with Gasteiger partial charge in [0, 0.05) is 6.42 Å². The van der Waals surface area contributed by atoms with Gasteiger partial charge in [-0.2, -0.15) is 0 Å². The molecule has 15 heavy (non-hydrogen) atoms. The first kappa shape index (κ1) is 11.2. The van der Waals surface area contributed by atoms with Crippen molar-refractivity contribution in [2.45, 2.75) is 12.8 Å². The van der Waals surface area contributed by atoms with Crippen LogP contribution in [0.25, 0.3) is 0 Å². The van der Waals surface area contributed by atoms with Crippen LogP contribution in [0.15, 0.2) is 12.1 Å². The number of benzene rings is 1. The summed E-state index contributed by atoms with van der Waals surface area (Å²) in [7, 11) is 1.31. The second kappa shape index (κ2) is 4.54. The molecule has 0 amide bonds. The lowest BCUT2D eigenvalue weighted by atomic mass is 10.1. The highest BCUT2D eigenvalue weighted by atomic mass is 16.5. The molecular formula is C10H13NO4. The maximum absolute atomic E-state index is 10.9. The average molecular weight is 211 g/mol. The molecule has 0 unspecified atom stereocenters. The number of hydrogen-bond donors (Lipinski definition) is 3. The third-order valence-electron chi connectivity index (χ3n) is 2.02. The van der Waals surface area contributed by atoms with E-state index >= 15 is 0 Å². The van der Waals surface area contributed by atoms with E-state index in [9.17, 15) is 15.0 Å². The third-order valence-corrected chi connectivity index (χ3v) is 2.02. The molecule has 5 nitrogen and oxygen atoms in total. The molecule has 0 atom stereocenters. The Labute approximate surface area is 87.1 Å². The molecule has 0 aliphatic carbocycles. The van der Waals surface area contributed by atoms with Gasteiger partial charge in [-0.05, 0) is 24.1 Å². The molecule has 0 saturated heterocycles. The van der Waals surface area contributed by atoms with E-state index in [-0.39, 0.29) is 29.6 Å². The molecule has 0 radical (unpaired) electrons. The Morgan fingerprint density at radius 2 is 2.13 bits per heavy atom. The second-order valence-corrected chi connectivity index (χ2v) is 3.13. The zero-order chi connectivity index (χ0) is 11.4. The van der Waals surface area contributed by atoms with Crippen LogP contribution >= 0.6 is 0 Å². The average Bonchev–Trinajstić information content (AvgIpc) is 2.22. The van der Waals surface area contributed by atoms with Crippen molar-refractivity contribution in [1.29, 1.82) is 0 Å². The molecule has 0 bridgehead atoms. The van der Waals surface area contributed by atoms with E-state index in [1.807, 2.05) is 0 Å². The number of ether oxygens (including phenoxy) is 1. The van der Waals surface area contributed by atoms with Crippen LogP contribution in [0.2, 0.25) is 0 Å². The molecular weight excluding hydrogens is 198 g/mol. The molecule has 0 heterocycles. The largest absolute Gasteiger partial charge is 0.504 e. The van der Waals surface area contributed by atoms with Gasteiger partial charge in [-0.3, -0.25) is 4.79 Å². The fraction of sp³-hybridized carbons (Fsp3) is 0.300. The van der Waals surface area contributed by atoms with Crippen molar-refractivity contribution in [3.05, 3.63) is 17.7 Å². The van der Waals surface area contributed by atoms with Gasteiger partial charge in [-0.25, -0.2) is 0 Å². The molecule has 82 valence electrons. The van der Waals surface area contributed by atoms with Crippen LogP contribution in [-0.4, -0.2) is 23.3 Å². The van der Waals surface area contributed by atoms with Gasteiger partial charge < -0.3 is 20.7 Å². The van der Waals surface area contributed by atoms with E-state index < -0.39 is 0 Å². The lowest BCUT2D eigenvalue weighted by Gasteiger charge is -2.05. The van der Waals surface area contributed by atoms with Gasteiger partial charge in [0.15, 0.2) is 11.5 Å². The van der Waals surface area contributed by atoms with Crippen LogP contribution in [0.5, 0.6) is 11.5 Å². The van der Waals surface area contributed by atoms with Gasteiger partial charge in [0.05, 0.1) is 12.8 Å². The Kier molecular flexibility index (Phi) is 3.38. The molecule has 0 fully saturated rings. The molecule has 0 saturated carbocycles. The van der Waals surface area contributed by atoms with E-state index in [1.54, 1.807) is 0 Å². The number of rotatable bonds is 3. The van der Waals surface area contributed by atoms with Gasteiger partial charge in [0.1, 0.15) is 0 Å². The van der Waals surface area contributed by atoms with Crippen LogP contribution in [-0.2, 0) is 16.0 Å². The first-order valence-corrected chi connectivity index (χ1v) is 4.41. The number of esters is 1. The number of hydrogen-bond acceptors (Lipinski definition) is 5. The quantitative estimate of drug-likeness (QED) is 0.390. The lowest BCUT2D eigenvalue weighted by Crippen LogP contribution is -2.02. The summed E-state index contributed by atoms with van der Waals surface area (Å²) in [5.41, 5.74) is 6.20. The minimum atomic E-state index is -0.336. The minimum Gasteiger partial charge on any atom is -0.504 e. The second-order valence-electron chi connectivity index (χ2n) is 3.13. The number of nitrogens with two attached hydrogens (primary N) is 1. The van der Waals surface area contributed by atoms with E-state index in [2.05, 4.69) is 4.74 Å². The molecule has 4 N–H and O–H groups in total. The van der Waals surface area contributed by atoms with Gasteiger partial charge in [-0.15, -0.1) is 0 Å². The maximum atomic E-state index is 10.9. The van der Waals surface area contributed by atoms with Crippen molar-refractivity contribution < 1.29 is 19.7 Å². The summed E-state index contributed by atoms with van der Waals surface area (Å²) in [6.45, 7) is 0. The van der Waals surface area contributed by atoms with Crippen molar-refractivity contribution in [2.75, 3.05) is 12.8 Å². The maximum Gasteiger partial charge on any atom is 0.305 e. The highest BCUT2D eigenvalue weighted by molar-refractivity contribution is 5.70. The summed E-state index contributed by atoms with van der Waals surface area (Å²) in [5.74, 6) is -0.951. The fourth-order valence-corrected chi connectivity index (χ4v) is 1.19.